The van der Waals surface area contributed by atoms with Crippen molar-refractivity contribution in [2.75, 3.05) is 5.32 Å². The summed E-state index contributed by atoms with van der Waals surface area (Å²) >= 11 is 3.68. The number of aryl methyl sites for hydroxylation is 2. The van der Waals surface area contributed by atoms with Crippen LogP contribution in [0.25, 0.3) is 0 Å². The molecule has 19 heavy (non-hydrogen) atoms. The third-order valence-corrected chi connectivity index (χ3v) is 4.46. The third-order valence-electron chi connectivity index (χ3n) is 3.83. The second kappa shape index (κ2) is 5.01. The molecule has 2 aromatic carbocycles. The van der Waals surface area contributed by atoms with Crippen LogP contribution in [-0.4, -0.2) is 6.04 Å². The molecule has 1 aliphatic carbocycles. The smallest absolute Gasteiger partial charge is 0.0516 e. The number of anilines is 1. The Hall–Kier alpha value is -1.28. The molecule has 2 heteroatoms. The van der Waals surface area contributed by atoms with Crippen molar-refractivity contribution in [3.63, 3.8) is 0 Å². The monoisotopic (exact) mass is 315 g/mol. The van der Waals surface area contributed by atoms with Crippen molar-refractivity contribution >= 4 is 21.6 Å². The molecule has 1 aliphatic rings. The largest absolute Gasteiger partial charge is 0.381 e. The minimum atomic E-state index is 0.509. The van der Waals surface area contributed by atoms with Crippen molar-refractivity contribution in [2.24, 2.45) is 0 Å². The molecule has 2 aromatic rings. The molecule has 0 amide bonds. The SMILES string of the molecule is Cc1cc(C)c(NC2Cc3ccccc3C2)c(Br)c1. The van der Waals surface area contributed by atoms with Gasteiger partial charge in [-0.3, -0.25) is 0 Å². The molecular weight excluding hydrogens is 298 g/mol. The van der Waals surface area contributed by atoms with Crippen molar-refractivity contribution in [2.45, 2.75) is 32.7 Å². The average molecular weight is 316 g/mol. The molecule has 98 valence electrons. The molecule has 0 saturated carbocycles. The zero-order chi connectivity index (χ0) is 13.4. The zero-order valence-corrected chi connectivity index (χ0v) is 12.9. The van der Waals surface area contributed by atoms with E-state index in [0.717, 1.165) is 12.8 Å². The quantitative estimate of drug-likeness (QED) is 0.851. The van der Waals surface area contributed by atoms with E-state index in [9.17, 15) is 0 Å². The first-order chi connectivity index (χ1) is 9.13. The second-order valence-corrected chi connectivity index (χ2v) is 6.31. The summed E-state index contributed by atoms with van der Waals surface area (Å²) in [7, 11) is 0. The summed E-state index contributed by atoms with van der Waals surface area (Å²) < 4.78 is 1.17. The molecule has 0 aliphatic heterocycles. The maximum absolute atomic E-state index is 3.70. The number of hydrogen-bond acceptors (Lipinski definition) is 1. The number of hydrogen-bond donors (Lipinski definition) is 1. The van der Waals surface area contributed by atoms with Gasteiger partial charge in [-0.2, -0.15) is 0 Å². The van der Waals surface area contributed by atoms with Gasteiger partial charge in [-0.05, 0) is 70.9 Å². The molecule has 1 N–H and O–H groups in total. The molecule has 1 nitrogen and oxygen atoms in total. The average Bonchev–Trinajstić information content (AvgIpc) is 2.76. The van der Waals surface area contributed by atoms with Gasteiger partial charge in [0.25, 0.3) is 0 Å². The van der Waals surface area contributed by atoms with Gasteiger partial charge >= 0.3 is 0 Å². The van der Waals surface area contributed by atoms with Gasteiger partial charge < -0.3 is 5.32 Å². The zero-order valence-electron chi connectivity index (χ0n) is 11.3. The Morgan fingerprint density at radius 1 is 1.05 bits per heavy atom. The fourth-order valence-electron chi connectivity index (χ4n) is 2.96. The van der Waals surface area contributed by atoms with Crippen molar-refractivity contribution in [3.05, 3.63) is 63.1 Å². The highest BCUT2D eigenvalue weighted by Gasteiger charge is 2.21. The first kappa shape index (κ1) is 12.7. The Morgan fingerprint density at radius 3 is 2.26 bits per heavy atom. The van der Waals surface area contributed by atoms with E-state index in [4.69, 9.17) is 0 Å². The first-order valence-corrected chi connectivity index (χ1v) is 7.53. The number of benzene rings is 2. The van der Waals surface area contributed by atoms with E-state index in [0.29, 0.717) is 6.04 Å². The van der Waals surface area contributed by atoms with Crippen molar-refractivity contribution in [3.8, 4) is 0 Å². The number of fused-ring (bicyclic) bond motifs is 1. The lowest BCUT2D eigenvalue weighted by molar-refractivity contribution is 0.772. The Morgan fingerprint density at radius 2 is 1.68 bits per heavy atom. The molecule has 3 rings (SSSR count). The number of nitrogens with one attached hydrogen (secondary N) is 1. The van der Waals surface area contributed by atoms with Crippen LogP contribution in [0.1, 0.15) is 22.3 Å². The lowest BCUT2D eigenvalue weighted by atomic mass is 10.1. The third kappa shape index (κ3) is 2.55. The van der Waals surface area contributed by atoms with Gasteiger partial charge in [-0.25, -0.2) is 0 Å². The molecule has 0 radical (unpaired) electrons. The van der Waals surface area contributed by atoms with Crippen LogP contribution < -0.4 is 5.32 Å². The van der Waals surface area contributed by atoms with Crippen molar-refractivity contribution in [1.82, 2.24) is 0 Å². The predicted molar refractivity (Wildman–Crippen MR) is 84.9 cm³/mol. The standard InChI is InChI=1S/C17H18BrN/c1-11-7-12(2)17(16(18)8-11)19-15-9-13-5-3-4-6-14(13)10-15/h3-8,15,19H,9-10H2,1-2H3. The van der Waals surface area contributed by atoms with Gasteiger partial charge in [-0.1, -0.05) is 30.3 Å². The molecular formula is C17H18BrN. The van der Waals surface area contributed by atoms with Crippen LogP contribution in [0, 0.1) is 13.8 Å². The molecule has 0 aromatic heterocycles. The van der Waals surface area contributed by atoms with Gasteiger partial charge in [0, 0.05) is 10.5 Å². The van der Waals surface area contributed by atoms with Gasteiger partial charge in [0.05, 0.1) is 5.69 Å². The summed E-state index contributed by atoms with van der Waals surface area (Å²) in [6.07, 6.45) is 2.24. The Labute approximate surface area is 123 Å². The van der Waals surface area contributed by atoms with E-state index < -0.39 is 0 Å². The summed E-state index contributed by atoms with van der Waals surface area (Å²) in [5, 5.41) is 3.70. The molecule has 0 saturated heterocycles. The highest BCUT2D eigenvalue weighted by Crippen LogP contribution is 2.31. The van der Waals surface area contributed by atoms with E-state index >= 15 is 0 Å². The number of halogens is 1. The van der Waals surface area contributed by atoms with Crippen molar-refractivity contribution < 1.29 is 0 Å². The minimum absolute atomic E-state index is 0.509. The molecule has 0 fully saturated rings. The van der Waals surface area contributed by atoms with E-state index in [-0.39, 0.29) is 0 Å². The highest BCUT2D eigenvalue weighted by atomic mass is 79.9. The van der Waals surface area contributed by atoms with E-state index in [2.05, 4.69) is 71.5 Å². The molecule has 0 unspecified atom stereocenters. The Kier molecular flexibility index (Phi) is 3.36. The Bertz CT molecular complexity index is 570. The van der Waals surface area contributed by atoms with Crippen molar-refractivity contribution in [1.29, 1.82) is 0 Å². The van der Waals surface area contributed by atoms with Crippen LogP contribution in [-0.2, 0) is 12.8 Å². The predicted octanol–water partition coefficient (Wildman–Crippen LogP) is 4.65. The summed E-state index contributed by atoms with van der Waals surface area (Å²) in [6.45, 7) is 4.30. The second-order valence-electron chi connectivity index (χ2n) is 5.46. The van der Waals surface area contributed by atoms with Crippen LogP contribution in [0.2, 0.25) is 0 Å². The summed E-state index contributed by atoms with van der Waals surface area (Å²) in [5.74, 6) is 0. The van der Waals surface area contributed by atoms with Crippen LogP contribution in [0.5, 0.6) is 0 Å². The Balaban J connectivity index is 1.82. The number of rotatable bonds is 2. The maximum Gasteiger partial charge on any atom is 0.0516 e. The molecule has 0 bridgehead atoms. The maximum atomic E-state index is 3.70. The van der Waals surface area contributed by atoms with Crippen LogP contribution in [0.3, 0.4) is 0 Å². The molecule has 0 spiro atoms. The summed E-state index contributed by atoms with van der Waals surface area (Å²) in [4.78, 5) is 0. The fraction of sp³-hybridized carbons (Fsp3) is 0.294. The van der Waals surface area contributed by atoms with Crippen LogP contribution in [0.4, 0.5) is 5.69 Å². The summed E-state index contributed by atoms with van der Waals surface area (Å²) in [5.41, 5.74) is 6.82. The molecule has 0 heterocycles. The normalized spacial score (nSPS) is 14.5. The van der Waals surface area contributed by atoms with Gasteiger partial charge in [0.1, 0.15) is 0 Å². The lowest BCUT2D eigenvalue weighted by Crippen LogP contribution is -2.20. The topological polar surface area (TPSA) is 12.0 Å². The van der Waals surface area contributed by atoms with Crippen LogP contribution >= 0.6 is 15.9 Å². The minimum Gasteiger partial charge on any atom is -0.381 e. The molecule has 0 atom stereocenters. The van der Waals surface area contributed by atoms with Gasteiger partial charge in [0.15, 0.2) is 0 Å². The van der Waals surface area contributed by atoms with Gasteiger partial charge in [0.2, 0.25) is 0 Å². The fourth-order valence-corrected chi connectivity index (χ4v) is 3.75. The van der Waals surface area contributed by atoms with E-state index in [1.165, 1.54) is 32.4 Å². The van der Waals surface area contributed by atoms with Crippen LogP contribution in [0.15, 0.2) is 40.9 Å². The van der Waals surface area contributed by atoms with E-state index in [1.807, 2.05) is 0 Å². The lowest BCUT2D eigenvalue weighted by Gasteiger charge is -2.18. The highest BCUT2D eigenvalue weighted by molar-refractivity contribution is 9.10. The van der Waals surface area contributed by atoms with Gasteiger partial charge in [-0.15, -0.1) is 0 Å². The van der Waals surface area contributed by atoms with E-state index in [1.54, 1.807) is 0 Å². The first-order valence-electron chi connectivity index (χ1n) is 6.73. The summed E-state index contributed by atoms with van der Waals surface area (Å²) in [6, 6.07) is 13.7.